The Morgan fingerprint density at radius 1 is 1.00 bits per heavy atom. The van der Waals surface area contributed by atoms with Gasteiger partial charge in [-0.25, -0.2) is 0 Å². The van der Waals surface area contributed by atoms with Crippen molar-refractivity contribution < 1.29 is 19.1 Å². The van der Waals surface area contributed by atoms with Gasteiger partial charge in [-0.2, -0.15) is 0 Å². The van der Waals surface area contributed by atoms with E-state index in [1.165, 1.54) is 7.11 Å². The average Bonchev–Trinajstić information content (AvgIpc) is 2.61. The summed E-state index contributed by atoms with van der Waals surface area (Å²) in [5.41, 5.74) is 1.13. The van der Waals surface area contributed by atoms with Crippen LogP contribution in [0.3, 0.4) is 0 Å². The second kappa shape index (κ2) is 8.49. The van der Waals surface area contributed by atoms with Crippen molar-refractivity contribution in [1.82, 2.24) is 0 Å². The number of rotatable bonds is 7. The molecule has 0 aliphatic rings. The van der Waals surface area contributed by atoms with Gasteiger partial charge in [0, 0.05) is 29.1 Å². The number of amides is 1. The number of benzene rings is 2. The van der Waals surface area contributed by atoms with Crippen molar-refractivity contribution in [2.24, 2.45) is 0 Å². The SMILES string of the molecule is COc1ccc(C(=O)CCC(=O)Nc2ccc(Br)cc2)c(OC)c1. The van der Waals surface area contributed by atoms with Gasteiger partial charge in [0.2, 0.25) is 5.91 Å². The Labute approximate surface area is 149 Å². The van der Waals surface area contributed by atoms with Crippen molar-refractivity contribution in [2.75, 3.05) is 19.5 Å². The predicted molar refractivity (Wildman–Crippen MR) is 95.9 cm³/mol. The number of ether oxygens (including phenoxy) is 2. The zero-order valence-corrected chi connectivity index (χ0v) is 15.1. The summed E-state index contributed by atoms with van der Waals surface area (Å²) in [7, 11) is 3.04. The van der Waals surface area contributed by atoms with Crippen LogP contribution in [0.5, 0.6) is 11.5 Å². The Morgan fingerprint density at radius 2 is 1.71 bits per heavy atom. The molecule has 2 aromatic carbocycles. The maximum atomic E-state index is 12.3. The molecule has 0 spiro atoms. The van der Waals surface area contributed by atoms with E-state index in [4.69, 9.17) is 9.47 Å². The first-order chi connectivity index (χ1) is 11.5. The maximum absolute atomic E-state index is 12.3. The number of carbonyl (C=O) groups is 2. The minimum atomic E-state index is -0.210. The number of Topliss-reactive ketones (excluding diaryl/α,β-unsaturated/α-hetero) is 1. The van der Waals surface area contributed by atoms with E-state index in [1.54, 1.807) is 37.4 Å². The lowest BCUT2D eigenvalue weighted by atomic mass is 10.0. The molecular weight excluding hydrogens is 374 g/mol. The molecule has 5 nitrogen and oxygen atoms in total. The van der Waals surface area contributed by atoms with Gasteiger partial charge in [-0.05, 0) is 36.4 Å². The molecule has 0 aliphatic heterocycles. The van der Waals surface area contributed by atoms with Gasteiger partial charge in [-0.15, -0.1) is 0 Å². The lowest BCUT2D eigenvalue weighted by Crippen LogP contribution is -2.13. The number of anilines is 1. The van der Waals surface area contributed by atoms with E-state index >= 15 is 0 Å². The molecule has 0 fully saturated rings. The number of hydrogen-bond donors (Lipinski definition) is 1. The third kappa shape index (κ3) is 4.83. The van der Waals surface area contributed by atoms with Crippen LogP contribution in [0.2, 0.25) is 0 Å². The zero-order valence-electron chi connectivity index (χ0n) is 13.5. The van der Waals surface area contributed by atoms with Crippen LogP contribution in [0.4, 0.5) is 5.69 Å². The molecule has 2 rings (SSSR count). The Kier molecular flexibility index (Phi) is 6.37. The van der Waals surface area contributed by atoms with Crippen molar-refractivity contribution in [3.63, 3.8) is 0 Å². The van der Waals surface area contributed by atoms with Crippen LogP contribution in [0.15, 0.2) is 46.9 Å². The van der Waals surface area contributed by atoms with Crippen molar-refractivity contribution in [1.29, 1.82) is 0 Å². The molecule has 0 unspecified atom stereocenters. The predicted octanol–water partition coefficient (Wildman–Crippen LogP) is 4.07. The van der Waals surface area contributed by atoms with Gasteiger partial charge >= 0.3 is 0 Å². The van der Waals surface area contributed by atoms with Crippen LogP contribution in [-0.4, -0.2) is 25.9 Å². The van der Waals surface area contributed by atoms with Crippen molar-refractivity contribution in [3.8, 4) is 11.5 Å². The molecule has 0 saturated heterocycles. The summed E-state index contributed by atoms with van der Waals surface area (Å²) in [6.45, 7) is 0. The fraction of sp³-hybridized carbons (Fsp3) is 0.222. The summed E-state index contributed by atoms with van der Waals surface area (Å²) in [4.78, 5) is 24.3. The molecule has 0 saturated carbocycles. The molecule has 24 heavy (non-hydrogen) atoms. The van der Waals surface area contributed by atoms with E-state index in [2.05, 4.69) is 21.2 Å². The molecule has 1 amide bonds. The number of hydrogen-bond acceptors (Lipinski definition) is 4. The quantitative estimate of drug-likeness (QED) is 0.722. The monoisotopic (exact) mass is 391 g/mol. The molecule has 0 radical (unpaired) electrons. The molecular formula is C18H18BrNO4. The van der Waals surface area contributed by atoms with Crippen molar-refractivity contribution in [2.45, 2.75) is 12.8 Å². The molecule has 6 heteroatoms. The molecule has 0 aromatic heterocycles. The van der Waals surface area contributed by atoms with Gasteiger partial charge in [0.1, 0.15) is 11.5 Å². The standard InChI is InChI=1S/C18H18BrNO4/c1-23-14-7-8-15(17(11-14)24-2)16(21)9-10-18(22)20-13-5-3-12(19)4-6-13/h3-8,11H,9-10H2,1-2H3,(H,20,22). The summed E-state index contributed by atoms with van der Waals surface area (Å²) in [6, 6.07) is 12.2. The lowest BCUT2D eigenvalue weighted by molar-refractivity contribution is -0.116. The van der Waals surface area contributed by atoms with E-state index < -0.39 is 0 Å². The highest BCUT2D eigenvalue weighted by Crippen LogP contribution is 2.26. The largest absolute Gasteiger partial charge is 0.497 e. The number of halogens is 1. The Hall–Kier alpha value is -2.34. The van der Waals surface area contributed by atoms with E-state index in [0.29, 0.717) is 22.7 Å². The smallest absolute Gasteiger partial charge is 0.224 e. The van der Waals surface area contributed by atoms with E-state index in [9.17, 15) is 9.59 Å². The average molecular weight is 392 g/mol. The highest BCUT2D eigenvalue weighted by molar-refractivity contribution is 9.10. The van der Waals surface area contributed by atoms with Gasteiger partial charge in [-0.1, -0.05) is 15.9 Å². The van der Waals surface area contributed by atoms with Gasteiger partial charge in [0.25, 0.3) is 0 Å². The van der Waals surface area contributed by atoms with Gasteiger partial charge in [0.05, 0.1) is 19.8 Å². The molecule has 0 bridgehead atoms. The van der Waals surface area contributed by atoms with Gasteiger partial charge in [0.15, 0.2) is 5.78 Å². The Bertz CT molecular complexity index is 728. The first kappa shape index (κ1) is 18.0. The van der Waals surface area contributed by atoms with Crippen LogP contribution in [0.25, 0.3) is 0 Å². The Balaban J connectivity index is 1.95. The number of carbonyl (C=O) groups excluding carboxylic acids is 2. The highest BCUT2D eigenvalue weighted by atomic mass is 79.9. The van der Waals surface area contributed by atoms with Crippen LogP contribution < -0.4 is 14.8 Å². The molecule has 126 valence electrons. The summed E-state index contributed by atoms with van der Waals surface area (Å²) in [5.74, 6) is 0.683. The Morgan fingerprint density at radius 3 is 2.33 bits per heavy atom. The first-order valence-corrected chi connectivity index (χ1v) is 8.13. The van der Waals surface area contributed by atoms with Crippen LogP contribution in [0, 0.1) is 0 Å². The zero-order chi connectivity index (χ0) is 17.5. The number of ketones is 1. The lowest BCUT2D eigenvalue weighted by Gasteiger charge is -2.10. The van der Waals surface area contributed by atoms with Crippen LogP contribution in [0.1, 0.15) is 23.2 Å². The molecule has 0 aliphatic carbocycles. The summed E-state index contributed by atoms with van der Waals surface area (Å²) >= 11 is 3.33. The summed E-state index contributed by atoms with van der Waals surface area (Å²) in [5, 5.41) is 2.76. The highest BCUT2D eigenvalue weighted by Gasteiger charge is 2.15. The molecule has 2 aromatic rings. The topological polar surface area (TPSA) is 64.6 Å². The fourth-order valence-corrected chi connectivity index (χ4v) is 2.41. The van der Waals surface area contributed by atoms with E-state index in [0.717, 1.165) is 4.47 Å². The van der Waals surface area contributed by atoms with Crippen LogP contribution >= 0.6 is 15.9 Å². The van der Waals surface area contributed by atoms with Crippen molar-refractivity contribution in [3.05, 3.63) is 52.5 Å². The fourth-order valence-electron chi connectivity index (χ4n) is 2.15. The van der Waals surface area contributed by atoms with Crippen molar-refractivity contribution >= 4 is 33.3 Å². The number of methoxy groups -OCH3 is 2. The third-order valence-electron chi connectivity index (χ3n) is 3.42. The van der Waals surface area contributed by atoms with Gasteiger partial charge < -0.3 is 14.8 Å². The minimum absolute atomic E-state index is 0.101. The first-order valence-electron chi connectivity index (χ1n) is 7.34. The van der Waals surface area contributed by atoms with Gasteiger partial charge in [-0.3, -0.25) is 9.59 Å². The summed E-state index contributed by atoms with van der Waals surface area (Å²) < 4.78 is 11.3. The normalized spacial score (nSPS) is 10.1. The minimum Gasteiger partial charge on any atom is -0.497 e. The number of nitrogens with one attached hydrogen (secondary N) is 1. The second-order valence-corrected chi connectivity index (χ2v) is 5.96. The molecule has 0 atom stereocenters. The van der Waals surface area contributed by atoms with Crippen LogP contribution in [-0.2, 0) is 4.79 Å². The summed E-state index contributed by atoms with van der Waals surface area (Å²) in [6.07, 6.45) is 0.204. The van der Waals surface area contributed by atoms with E-state index in [1.807, 2.05) is 12.1 Å². The third-order valence-corrected chi connectivity index (χ3v) is 3.94. The molecule has 0 heterocycles. The maximum Gasteiger partial charge on any atom is 0.224 e. The second-order valence-electron chi connectivity index (χ2n) is 5.04. The van der Waals surface area contributed by atoms with E-state index in [-0.39, 0.29) is 24.5 Å². The molecule has 1 N–H and O–H groups in total.